The van der Waals surface area contributed by atoms with E-state index in [0.717, 1.165) is 19.6 Å². The molecule has 4 nitrogen and oxygen atoms in total. The van der Waals surface area contributed by atoms with Crippen LogP contribution in [0.4, 0.5) is 0 Å². The van der Waals surface area contributed by atoms with Gasteiger partial charge in [0.15, 0.2) is 0 Å². The molecule has 0 bridgehead atoms. The summed E-state index contributed by atoms with van der Waals surface area (Å²) in [4.78, 5) is 2.14. The van der Waals surface area contributed by atoms with Gasteiger partial charge in [0.1, 0.15) is 0 Å². The molecule has 0 aliphatic rings. The SMILES string of the molecule is CO[C@H](C)[C@H](C)C(C)CN(N)CCN(C)C. The van der Waals surface area contributed by atoms with Crippen molar-refractivity contribution >= 4 is 0 Å². The van der Waals surface area contributed by atoms with Gasteiger partial charge in [-0.25, -0.2) is 5.01 Å². The minimum Gasteiger partial charge on any atom is -0.381 e. The van der Waals surface area contributed by atoms with Crippen LogP contribution in [0.2, 0.25) is 0 Å². The fourth-order valence-corrected chi connectivity index (χ4v) is 1.63. The number of nitrogens with two attached hydrogens (primary N) is 1. The highest BCUT2D eigenvalue weighted by atomic mass is 16.5. The van der Waals surface area contributed by atoms with Crippen molar-refractivity contribution in [2.75, 3.05) is 40.8 Å². The first-order valence-corrected chi connectivity index (χ1v) is 6.05. The van der Waals surface area contributed by atoms with E-state index in [1.807, 2.05) is 5.01 Å². The monoisotopic (exact) mass is 231 g/mol. The molecular formula is C12H29N3O. The largest absolute Gasteiger partial charge is 0.381 e. The third-order valence-corrected chi connectivity index (χ3v) is 3.37. The molecule has 0 aromatic rings. The molecule has 16 heavy (non-hydrogen) atoms. The zero-order valence-electron chi connectivity index (χ0n) is 11.7. The molecule has 1 unspecified atom stereocenters. The minimum atomic E-state index is 0.289. The van der Waals surface area contributed by atoms with Crippen LogP contribution < -0.4 is 5.84 Å². The van der Waals surface area contributed by atoms with Crippen LogP contribution >= 0.6 is 0 Å². The highest BCUT2D eigenvalue weighted by molar-refractivity contribution is 4.70. The van der Waals surface area contributed by atoms with Crippen molar-refractivity contribution in [2.24, 2.45) is 17.7 Å². The summed E-state index contributed by atoms with van der Waals surface area (Å²) < 4.78 is 5.35. The number of likely N-dealkylation sites (N-methyl/N-ethyl adjacent to an activating group) is 1. The van der Waals surface area contributed by atoms with E-state index in [-0.39, 0.29) is 6.10 Å². The summed E-state index contributed by atoms with van der Waals surface area (Å²) in [5.41, 5.74) is 0. The first kappa shape index (κ1) is 15.8. The Labute approximate surface area is 101 Å². The van der Waals surface area contributed by atoms with E-state index in [4.69, 9.17) is 10.6 Å². The molecule has 0 heterocycles. The van der Waals surface area contributed by atoms with Gasteiger partial charge in [-0.2, -0.15) is 0 Å². The van der Waals surface area contributed by atoms with Crippen molar-refractivity contribution in [3.63, 3.8) is 0 Å². The van der Waals surface area contributed by atoms with E-state index < -0.39 is 0 Å². The molecule has 4 heteroatoms. The van der Waals surface area contributed by atoms with Gasteiger partial charge in [0.2, 0.25) is 0 Å². The summed E-state index contributed by atoms with van der Waals surface area (Å²) >= 11 is 0. The van der Waals surface area contributed by atoms with Crippen LogP contribution in [-0.2, 0) is 4.74 Å². The van der Waals surface area contributed by atoms with E-state index in [9.17, 15) is 0 Å². The summed E-state index contributed by atoms with van der Waals surface area (Å²) in [6.45, 7) is 9.39. The van der Waals surface area contributed by atoms with Crippen LogP contribution in [0.5, 0.6) is 0 Å². The number of rotatable bonds is 8. The fraction of sp³-hybridized carbons (Fsp3) is 1.00. The maximum absolute atomic E-state index is 5.97. The number of hydrazine groups is 1. The summed E-state index contributed by atoms with van der Waals surface area (Å²) in [5, 5.41) is 1.91. The second-order valence-corrected chi connectivity index (χ2v) is 5.08. The quantitative estimate of drug-likeness (QED) is 0.500. The van der Waals surface area contributed by atoms with E-state index in [1.165, 1.54) is 0 Å². The van der Waals surface area contributed by atoms with Crippen molar-refractivity contribution in [3.8, 4) is 0 Å². The molecule has 0 amide bonds. The van der Waals surface area contributed by atoms with Crippen LogP contribution in [0.15, 0.2) is 0 Å². The molecule has 98 valence electrons. The molecule has 0 aliphatic heterocycles. The van der Waals surface area contributed by atoms with Crippen LogP contribution in [0.25, 0.3) is 0 Å². The number of hydrogen-bond donors (Lipinski definition) is 1. The smallest absolute Gasteiger partial charge is 0.0571 e. The molecule has 2 N–H and O–H groups in total. The fourth-order valence-electron chi connectivity index (χ4n) is 1.63. The average Bonchev–Trinajstić information content (AvgIpc) is 2.24. The molecule has 0 saturated heterocycles. The minimum absolute atomic E-state index is 0.289. The van der Waals surface area contributed by atoms with Crippen molar-refractivity contribution in [1.29, 1.82) is 0 Å². The van der Waals surface area contributed by atoms with Gasteiger partial charge < -0.3 is 9.64 Å². The van der Waals surface area contributed by atoms with Crippen molar-refractivity contribution in [1.82, 2.24) is 9.91 Å². The molecule has 0 aromatic heterocycles. The predicted octanol–water partition coefficient (Wildman–Crippen LogP) is 1.03. The van der Waals surface area contributed by atoms with Gasteiger partial charge in [-0.1, -0.05) is 13.8 Å². The predicted molar refractivity (Wildman–Crippen MR) is 69.1 cm³/mol. The summed E-state index contributed by atoms with van der Waals surface area (Å²) in [5.74, 6) is 7.04. The summed E-state index contributed by atoms with van der Waals surface area (Å²) in [6, 6.07) is 0. The number of nitrogens with zero attached hydrogens (tertiary/aromatic N) is 2. The first-order chi connectivity index (χ1) is 7.38. The van der Waals surface area contributed by atoms with Crippen LogP contribution in [0.3, 0.4) is 0 Å². The Balaban J connectivity index is 3.89. The molecule has 0 aliphatic carbocycles. The molecule has 0 saturated carbocycles. The number of methoxy groups -OCH3 is 1. The zero-order chi connectivity index (χ0) is 12.7. The Morgan fingerprint density at radius 1 is 1.12 bits per heavy atom. The Bertz CT molecular complexity index is 176. The second-order valence-electron chi connectivity index (χ2n) is 5.08. The van der Waals surface area contributed by atoms with Gasteiger partial charge in [0.25, 0.3) is 0 Å². The van der Waals surface area contributed by atoms with Gasteiger partial charge in [0.05, 0.1) is 6.10 Å². The summed E-state index contributed by atoms with van der Waals surface area (Å²) in [7, 11) is 5.89. The van der Waals surface area contributed by atoms with Crippen LogP contribution in [0.1, 0.15) is 20.8 Å². The molecule has 0 aromatic carbocycles. The lowest BCUT2D eigenvalue weighted by atomic mass is 9.91. The van der Waals surface area contributed by atoms with Gasteiger partial charge in [0, 0.05) is 26.7 Å². The molecule has 0 rings (SSSR count). The topological polar surface area (TPSA) is 41.7 Å². The third kappa shape index (κ3) is 6.43. The van der Waals surface area contributed by atoms with Gasteiger partial charge in [-0.15, -0.1) is 0 Å². The Hall–Kier alpha value is -0.160. The lowest BCUT2D eigenvalue weighted by molar-refractivity contribution is 0.0421. The maximum atomic E-state index is 5.97. The van der Waals surface area contributed by atoms with E-state index in [2.05, 4.69) is 39.8 Å². The summed E-state index contributed by atoms with van der Waals surface area (Å²) in [6.07, 6.45) is 0.289. The molecular weight excluding hydrogens is 202 g/mol. The van der Waals surface area contributed by atoms with Gasteiger partial charge >= 0.3 is 0 Å². The van der Waals surface area contributed by atoms with Crippen LogP contribution in [-0.4, -0.2) is 56.9 Å². The highest BCUT2D eigenvalue weighted by Crippen LogP contribution is 2.17. The molecule has 0 fully saturated rings. The molecule has 3 atom stereocenters. The molecule has 0 spiro atoms. The lowest BCUT2D eigenvalue weighted by Crippen LogP contribution is -2.42. The zero-order valence-corrected chi connectivity index (χ0v) is 11.7. The van der Waals surface area contributed by atoms with Crippen molar-refractivity contribution < 1.29 is 4.74 Å². The standard InChI is InChI=1S/C12H29N3O/c1-10(11(2)12(3)16-6)9-15(13)8-7-14(4)5/h10-12H,7-9,13H2,1-6H3/t10?,11-,12-/m1/s1. The van der Waals surface area contributed by atoms with Gasteiger partial charge in [-0.3, -0.25) is 5.84 Å². The van der Waals surface area contributed by atoms with Crippen LogP contribution in [0, 0.1) is 11.8 Å². The second kappa shape index (κ2) is 8.01. The third-order valence-electron chi connectivity index (χ3n) is 3.37. The number of ether oxygens (including phenoxy) is 1. The normalized spacial score (nSPS) is 17.8. The lowest BCUT2D eigenvalue weighted by Gasteiger charge is -2.29. The Kier molecular flexibility index (Phi) is 7.93. The van der Waals surface area contributed by atoms with E-state index in [0.29, 0.717) is 11.8 Å². The van der Waals surface area contributed by atoms with Crippen molar-refractivity contribution in [3.05, 3.63) is 0 Å². The van der Waals surface area contributed by atoms with E-state index >= 15 is 0 Å². The Morgan fingerprint density at radius 3 is 2.12 bits per heavy atom. The van der Waals surface area contributed by atoms with Crippen molar-refractivity contribution in [2.45, 2.75) is 26.9 Å². The van der Waals surface area contributed by atoms with Gasteiger partial charge in [-0.05, 0) is 32.9 Å². The van der Waals surface area contributed by atoms with E-state index in [1.54, 1.807) is 7.11 Å². The Morgan fingerprint density at radius 2 is 1.69 bits per heavy atom. The maximum Gasteiger partial charge on any atom is 0.0571 e. The first-order valence-electron chi connectivity index (χ1n) is 6.05. The highest BCUT2D eigenvalue weighted by Gasteiger charge is 2.20. The number of hydrogen-bond acceptors (Lipinski definition) is 4. The molecule has 0 radical (unpaired) electrons. The average molecular weight is 231 g/mol.